The van der Waals surface area contributed by atoms with Crippen molar-refractivity contribution in [1.82, 2.24) is 19.3 Å². The summed E-state index contributed by atoms with van der Waals surface area (Å²) in [6.07, 6.45) is 1.94. The average molecular weight is 434 g/mol. The lowest BCUT2D eigenvalue weighted by atomic mass is 10.3. The fraction of sp³-hybridized carbons (Fsp3) is 0.316. The molecule has 4 rings (SSSR count). The molecule has 0 atom stereocenters. The smallest absolute Gasteiger partial charge is 0.243 e. The molecule has 8 nitrogen and oxygen atoms in total. The Morgan fingerprint density at radius 3 is 2.66 bits per heavy atom. The highest BCUT2D eigenvalue weighted by atomic mass is 35.5. The van der Waals surface area contributed by atoms with E-state index in [0.29, 0.717) is 41.4 Å². The molecule has 1 saturated heterocycles. The first-order valence-corrected chi connectivity index (χ1v) is 11.1. The van der Waals surface area contributed by atoms with E-state index in [2.05, 4.69) is 15.6 Å². The minimum Gasteiger partial charge on any atom is -0.325 e. The summed E-state index contributed by atoms with van der Waals surface area (Å²) >= 11 is 6.05. The molecule has 29 heavy (non-hydrogen) atoms. The molecule has 0 saturated carbocycles. The Morgan fingerprint density at radius 1 is 1.14 bits per heavy atom. The molecule has 3 aromatic rings. The minimum atomic E-state index is -3.51. The van der Waals surface area contributed by atoms with E-state index in [1.54, 1.807) is 41.1 Å². The summed E-state index contributed by atoms with van der Waals surface area (Å²) in [5.74, 6) is -0.199. The van der Waals surface area contributed by atoms with Crippen molar-refractivity contribution in [3.63, 3.8) is 0 Å². The molecule has 1 aliphatic heterocycles. The molecule has 1 N–H and O–H groups in total. The van der Waals surface area contributed by atoms with Gasteiger partial charge in [-0.25, -0.2) is 13.1 Å². The summed E-state index contributed by atoms with van der Waals surface area (Å²) < 4.78 is 28.5. The number of carbonyl (C=O) groups excluding carboxylic acids is 1. The Morgan fingerprint density at radius 2 is 1.90 bits per heavy atom. The van der Waals surface area contributed by atoms with Crippen molar-refractivity contribution in [2.24, 2.45) is 0 Å². The molecule has 152 valence electrons. The van der Waals surface area contributed by atoms with Crippen molar-refractivity contribution in [3.8, 4) is 0 Å². The lowest BCUT2D eigenvalue weighted by Gasteiger charge is -2.15. The number of hydrogen-bond acceptors (Lipinski definition) is 5. The van der Waals surface area contributed by atoms with Crippen LogP contribution < -0.4 is 5.32 Å². The van der Waals surface area contributed by atoms with Crippen LogP contribution in [0.2, 0.25) is 5.02 Å². The second-order valence-electron chi connectivity index (χ2n) is 6.85. The van der Waals surface area contributed by atoms with Crippen LogP contribution in [-0.2, 0) is 21.4 Å². The quantitative estimate of drug-likeness (QED) is 0.644. The molecule has 0 bridgehead atoms. The Kier molecular flexibility index (Phi) is 5.53. The van der Waals surface area contributed by atoms with Crippen LogP contribution in [0.5, 0.6) is 0 Å². The van der Waals surface area contributed by atoms with Gasteiger partial charge < -0.3 is 5.32 Å². The van der Waals surface area contributed by atoms with E-state index in [-0.39, 0.29) is 17.2 Å². The van der Waals surface area contributed by atoms with Crippen LogP contribution in [0.4, 0.5) is 5.69 Å². The maximum atomic E-state index is 12.7. The second-order valence-corrected chi connectivity index (χ2v) is 9.20. The zero-order chi connectivity index (χ0) is 20.4. The first kappa shape index (κ1) is 19.8. The maximum Gasteiger partial charge on any atom is 0.243 e. The van der Waals surface area contributed by atoms with Gasteiger partial charge in [-0.2, -0.15) is 4.31 Å². The van der Waals surface area contributed by atoms with Gasteiger partial charge in [0.25, 0.3) is 0 Å². The number of hydrogen-bond donors (Lipinski definition) is 1. The van der Waals surface area contributed by atoms with Gasteiger partial charge in [0.1, 0.15) is 5.52 Å². The predicted octanol–water partition coefficient (Wildman–Crippen LogP) is 2.90. The number of aryl methyl sites for hydroxylation is 1. The third-order valence-corrected chi connectivity index (χ3v) is 7.11. The van der Waals surface area contributed by atoms with Crippen LogP contribution in [0.25, 0.3) is 11.0 Å². The van der Waals surface area contributed by atoms with Crippen molar-refractivity contribution in [3.05, 3.63) is 47.5 Å². The number of nitrogens with zero attached hydrogens (tertiary/aromatic N) is 4. The standard InChI is InChI=1S/C19H20ClN5O3S/c20-15-5-1-2-6-16(15)21-19(26)9-12-25-18-8-7-14(13-17(18)22-23-25)29(27,28)24-10-3-4-11-24/h1-2,5-8,13H,3-4,9-12H2,(H,21,26). The zero-order valence-electron chi connectivity index (χ0n) is 15.6. The van der Waals surface area contributed by atoms with Crippen molar-refractivity contribution >= 4 is 44.3 Å². The number of rotatable bonds is 6. The monoisotopic (exact) mass is 433 g/mol. The largest absolute Gasteiger partial charge is 0.325 e. The van der Waals surface area contributed by atoms with Crippen molar-refractivity contribution in [2.75, 3.05) is 18.4 Å². The number of aromatic nitrogens is 3. The van der Waals surface area contributed by atoms with E-state index >= 15 is 0 Å². The fourth-order valence-corrected chi connectivity index (χ4v) is 5.06. The summed E-state index contributed by atoms with van der Waals surface area (Å²) in [6.45, 7) is 1.41. The number of amides is 1. The molecule has 0 radical (unpaired) electrons. The van der Waals surface area contributed by atoms with Crippen molar-refractivity contribution < 1.29 is 13.2 Å². The average Bonchev–Trinajstić information content (AvgIpc) is 3.38. The minimum absolute atomic E-state index is 0.178. The van der Waals surface area contributed by atoms with Crippen molar-refractivity contribution in [2.45, 2.75) is 30.7 Å². The highest BCUT2D eigenvalue weighted by Crippen LogP contribution is 2.24. The number of nitrogens with one attached hydrogen (secondary N) is 1. The first-order chi connectivity index (χ1) is 13.9. The summed E-state index contributed by atoms with van der Waals surface area (Å²) in [7, 11) is -3.51. The molecule has 1 fully saturated rings. The van der Waals surface area contributed by atoms with Gasteiger partial charge in [0.05, 0.1) is 27.7 Å². The summed E-state index contributed by atoms with van der Waals surface area (Å²) in [5.41, 5.74) is 1.71. The molecule has 0 spiro atoms. The van der Waals surface area contributed by atoms with Gasteiger partial charge >= 0.3 is 0 Å². The predicted molar refractivity (Wildman–Crippen MR) is 110 cm³/mol. The lowest BCUT2D eigenvalue weighted by Crippen LogP contribution is -2.27. The van der Waals surface area contributed by atoms with Crippen LogP contribution in [-0.4, -0.2) is 46.7 Å². The van der Waals surface area contributed by atoms with E-state index in [1.807, 2.05) is 0 Å². The van der Waals surface area contributed by atoms with Crippen LogP contribution in [0.1, 0.15) is 19.3 Å². The first-order valence-electron chi connectivity index (χ1n) is 9.33. The Hall–Kier alpha value is -2.49. The van der Waals surface area contributed by atoms with Crippen LogP contribution in [0, 0.1) is 0 Å². The number of anilines is 1. The van der Waals surface area contributed by atoms with Gasteiger partial charge in [-0.15, -0.1) is 5.10 Å². The second kappa shape index (κ2) is 8.10. The van der Waals surface area contributed by atoms with Crippen LogP contribution in [0.15, 0.2) is 47.4 Å². The summed E-state index contributed by atoms with van der Waals surface area (Å²) in [6, 6.07) is 11.8. The number of para-hydroxylation sites is 1. The van der Waals surface area contributed by atoms with E-state index in [1.165, 1.54) is 10.4 Å². The van der Waals surface area contributed by atoms with Gasteiger partial charge in [-0.3, -0.25) is 4.79 Å². The van der Waals surface area contributed by atoms with Gasteiger partial charge in [0.15, 0.2) is 0 Å². The zero-order valence-corrected chi connectivity index (χ0v) is 17.2. The van der Waals surface area contributed by atoms with Gasteiger partial charge in [-0.1, -0.05) is 28.9 Å². The molecule has 2 heterocycles. The molecule has 2 aromatic carbocycles. The van der Waals surface area contributed by atoms with Crippen LogP contribution >= 0.6 is 11.6 Å². The highest BCUT2D eigenvalue weighted by molar-refractivity contribution is 7.89. The number of halogens is 1. The van der Waals surface area contributed by atoms with Crippen molar-refractivity contribution in [1.29, 1.82) is 0 Å². The molecule has 1 aromatic heterocycles. The van der Waals surface area contributed by atoms with Gasteiger partial charge in [0.2, 0.25) is 15.9 Å². The fourth-order valence-electron chi connectivity index (χ4n) is 3.34. The van der Waals surface area contributed by atoms with Crippen LogP contribution in [0.3, 0.4) is 0 Å². The van der Waals surface area contributed by atoms with E-state index in [4.69, 9.17) is 11.6 Å². The molecule has 10 heteroatoms. The molecular weight excluding hydrogens is 414 g/mol. The lowest BCUT2D eigenvalue weighted by molar-refractivity contribution is -0.116. The number of sulfonamides is 1. The summed E-state index contributed by atoms with van der Waals surface area (Å²) in [5, 5.41) is 11.4. The van der Waals surface area contributed by atoms with Gasteiger partial charge in [0, 0.05) is 19.5 Å². The topological polar surface area (TPSA) is 97.2 Å². The number of fused-ring (bicyclic) bond motifs is 1. The normalized spacial score (nSPS) is 15.1. The Labute approximate surface area is 173 Å². The highest BCUT2D eigenvalue weighted by Gasteiger charge is 2.27. The molecule has 1 amide bonds. The third-order valence-electron chi connectivity index (χ3n) is 4.89. The van der Waals surface area contributed by atoms with E-state index in [9.17, 15) is 13.2 Å². The number of benzene rings is 2. The summed E-state index contributed by atoms with van der Waals surface area (Å²) in [4.78, 5) is 12.4. The SMILES string of the molecule is O=C(CCn1nnc2cc(S(=O)(=O)N3CCCC3)ccc21)Nc1ccccc1Cl. The molecule has 0 unspecified atom stereocenters. The van der Waals surface area contributed by atoms with E-state index in [0.717, 1.165) is 12.8 Å². The third kappa shape index (κ3) is 4.12. The Balaban J connectivity index is 1.46. The molecular formula is C19H20ClN5O3S. The molecule has 0 aliphatic carbocycles. The number of carbonyl (C=O) groups is 1. The van der Waals surface area contributed by atoms with Gasteiger partial charge in [-0.05, 0) is 43.2 Å². The maximum absolute atomic E-state index is 12.7. The molecule has 1 aliphatic rings. The van der Waals surface area contributed by atoms with E-state index < -0.39 is 10.0 Å². The Bertz CT molecular complexity index is 1160.